The van der Waals surface area contributed by atoms with E-state index in [0.717, 1.165) is 94.7 Å². The Morgan fingerprint density at radius 1 is 0.367 bits per heavy atom. The third-order valence-corrected chi connectivity index (χ3v) is 12.3. The molecular formula is C65H72O14. The molecule has 0 N–H and O–H groups in total. The summed E-state index contributed by atoms with van der Waals surface area (Å²) in [6.07, 6.45) is 6.92. The van der Waals surface area contributed by atoms with Gasteiger partial charge in [-0.15, -0.1) is 0 Å². The van der Waals surface area contributed by atoms with Crippen LogP contribution >= 0.6 is 0 Å². The molecule has 0 saturated heterocycles. The third kappa shape index (κ3) is 17.0. The van der Waals surface area contributed by atoms with Crippen LogP contribution in [0, 0.1) is 0 Å². The lowest BCUT2D eigenvalue weighted by Gasteiger charge is -2.10. The second-order valence-corrected chi connectivity index (χ2v) is 18.0. The number of carbonyl (C=O) groups excluding carboxylic acids is 7. The third-order valence-electron chi connectivity index (χ3n) is 12.3. The van der Waals surface area contributed by atoms with E-state index in [1.54, 1.807) is 99.3 Å². The Balaban J connectivity index is 0.000000248. The van der Waals surface area contributed by atoms with E-state index in [2.05, 4.69) is 32.1 Å². The fourth-order valence-corrected chi connectivity index (χ4v) is 9.13. The summed E-state index contributed by atoms with van der Waals surface area (Å²) in [6, 6.07) is 33.0. The number of ether oxygens (including phenoxy) is 5. The zero-order chi connectivity index (χ0) is 58.8. The maximum Gasteiger partial charge on any atom is 0.344 e. The minimum Gasteiger partial charge on any atom is -0.423 e. The van der Waals surface area contributed by atoms with Gasteiger partial charge in [-0.1, -0.05) is 130 Å². The Labute approximate surface area is 462 Å². The number of ketones is 6. The maximum atomic E-state index is 11.9. The highest BCUT2D eigenvalue weighted by Gasteiger charge is 2.33. The standard InChI is InChI=1S/C15H10O2.C14H8O2.C9H10O2.C9H6O2.C8H8O2.4C2H6O.C2H6/c1-10-11-6-2-3-7-12(11)13-8-4-5-9-14(13)15(16)17-10;1-8-13(15)10-6-2-4-9-5-3-7-11(12(9)10)14(8)16;2*10-8-5-9(11)7-4-2-1-3-6(7)8;9-7-4-8(10)6-3-1-2-5(6)7;4*1-3-2;1-2/h2-9H,1H2;2-7H,1H2;1-5H2;1-4H,5H2;1-4H2;4*1-2H3;1-2H3. The van der Waals surface area contributed by atoms with Gasteiger partial charge in [-0.05, 0) is 67.5 Å². The van der Waals surface area contributed by atoms with Gasteiger partial charge in [0.05, 0.1) is 30.0 Å². The molecule has 0 amide bonds. The molecule has 6 aromatic rings. The van der Waals surface area contributed by atoms with Crippen molar-refractivity contribution in [3.63, 3.8) is 0 Å². The predicted molar refractivity (Wildman–Crippen MR) is 311 cm³/mol. The smallest absolute Gasteiger partial charge is 0.344 e. The molecule has 6 aliphatic rings. The van der Waals surface area contributed by atoms with Gasteiger partial charge in [0, 0.05) is 112 Å². The minimum atomic E-state index is -0.346. The molecular weight excluding hydrogens is 1000 g/mol. The van der Waals surface area contributed by atoms with E-state index < -0.39 is 0 Å². The number of allylic oxidation sites excluding steroid dienone is 4. The highest BCUT2D eigenvalue weighted by molar-refractivity contribution is 6.24. The molecule has 0 saturated carbocycles. The first-order valence-corrected chi connectivity index (χ1v) is 25.7. The van der Waals surface area contributed by atoms with Crippen LogP contribution in [-0.4, -0.2) is 97.5 Å². The van der Waals surface area contributed by atoms with Crippen molar-refractivity contribution in [1.82, 2.24) is 0 Å². The summed E-state index contributed by atoms with van der Waals surface area (Å²) in [5.41, 5.74) is 7.35. The molecule has 1 aliphatic heterocycles. The average Bonchev–Trinajstić information content (AvgIpc) is 4.28. The van der Waals surface area contributed by atoms with Crippen LogP contribution < -0.4 is 16.1 Å². The minimum absolute atomic E-state index is 0.0504. The Morgan fingerprint density at radius 3 is 1.05 bits per heavy atom. The largest absolute Gasteiger partial charge is 0.423 e. The van der Waals surface area contributed by atoms with Crippen molar-refractivity contribution in [2.75, 3.05) is 56.9 Å². The lowest BCUT2D eigenvalue weighted by atomic mass is 9.93. The zero-order valence-corrected chi connectivity index (χ0v) is 47.1. The molecule has 5 aliphatic carbocycles. The number of cyclic esters (lactones) is 1. The lowest BCUT2D eigenvalue weighted by Crippen LogP contribution is -2.37. The van der Waals surface area contributed by atoms with Gasteiger partial charge in [-0.2, -0.15) is 0 Å². The fourth-order valence-electron chi connectivity index (χ4n) is 9.13. The van der Waals surface area contributed by atoms with E-state index in [4.69, 9.17) is 4.74 Å². The van der Waals surface area contributed by atoms with Crippen LogP contribution in [0.25, 0.3) is 45.0 Å². The monoisotopic (exact) mass is 1080 g/mol. The van der Waals surface area contributed by atoms with E-state index in [1.807, 2.05) is 80.6 Å². The number of fused-ring (bicyclic) bond motifs is 4. The van der Waals surface area contributed by atoms with Gasteiger partial charge in [0.25, 0.3) is 0 Å². The molecule has 0 fully saturated rings. The molecule has 0 bridgehead atoms. The van der Waals surface area contributed by atoms with Crippen molar-refractivity contribution in [2.45, 2.75) is 78.1 Å². The van der Waals surface area contributed by atoms with Gasteiger partial charge in [-0.25, -0.2) is 4.79 Å². The van der Waals surface area contributed by atoms with Crippen LogP contribution in [0.15, 0.2) is 148 Å². The summed E-state index contributed by atoms with van der Waals surface area (Å²) < 4.78 is 22.2. The summed E-state index contributed by atoms with van der Waals surface area (Å²) >= 11 is 0. The molecule has 0 unspecified atom stereocenters. The molecule has 14 nitrogen and oxygen atoms in total. The Hall–Kier alpha value is -8.01. The zero-order valence-electron chi connectivity index (χ0n) is 47.1. The van der Waals surface area contributed by atoms with E-state index in [-0.39, 0.29) is 76.0 Å². The number of esters is 1. The maximum absolute atomic E-state index is 11.9. The Morgan fingerprint density at radius 2 is 0.671 bits per heavy atom. The van der Waals surface area contributed by atoms with Crippen molar-refractivity contribution < 1.29 is 57.2 Å². The van der Waals surface area contributed by atoms with Gasteiger partial charge in [0.15, 0.2) is 45.6 Å². The predicted octanol–water partition coefficient (Wildman–Crippen LogP) is 10.7. The van der Waals surface area contributed by atoms with Gasteiger partial charge >= 0.3 is 5.97 Å². The number of benzene rings is 6. The van der Waals surface area contributed by atoms with Crippen LogP contribution in [0.5, 0.6) is 0 Å². The van der Waals surface area contributed by atoms with E-state index in [1.165, 1.54) is 0 Å². The van der Waals surface area contributed by atoms with E-state index >= 15 is 0 Å². The molecule has 0 aromatic heterocycles. The first-order chi connectivity index (χ1) is 38.0. The van der Waals surface area contributed by atoms with Crippen molar-refractivity contribution in [3.05, 3.63) is 186 Å². The number of rotatable bonds is 0. The highest BCUT2D eigenvalue weighted by atomic mass is 16.5. The van der Waals surface area contributed by atoms with Crippen LogP contribution in [-0.2, 0) is 42.9 Å². The van der Waals surface area contributed by atoms with Crippen molar-refractivity contribution >= 4 is 74.6 Å². The summed E-state index contributed by atoms with van der Waals surface area (Å²) in [4.78, 5) is 102. The first-order valence-electron chi connectivity index (χ1n) is 25.7. The van der Waals surface area contributed by atoms with Crippen LogP contribution in [0.4, 0.5) is 0 Å². The average molecular weight is 1080 g/mol. The summed E-state index contributed by atoms with van der Waals surface area (Å²) in [5.74, 6) is 0.296. The second kappa shape index (κ2) is 33.3. The molecule has 14 heteroatoms. The quantitative estimate of drug-likeness (QED) is 0.103. The summed E-state index contributed by atoms with van der Waals surface area (Å²) in [7, 11) is 13.0. The second-order valence-electron chi connectivity index (χ2n) is 18.0. The van der Waals surface area contributed by atoms with Crippen LogP contribution in [0.2, 0.25) is 0 Å². The molecule has 6 aromatic carbocycles. The highest BCUT2D eigenvalue weighted by Crippen LogP contribution is 2.36. The number of Topliss-reactive ketones (excluding diaryl/α,β-unsaturated/α-hetero) is 6. The SMILES string of the molecule is C=C1OC(=O)c2ccccc2-c2ccccc21.C=c1c(=O)c2cccc3cccc(c1=O)c32.CC.COC.COC.COC.COC.O=C1CC(=O)C2=C1CCC2.O=C1CC(=O)C2=C1CCCC2.O=C1CC(=O)c2ccccc21. The fraction of sp³-hybridized carbons (Fsp3) is 0.308. The lowest BCUT2D eigenvalue weighted by molar-refractivity contribution is -0.122. The number of hydrogen-bond acceptors (Lipinski definition) is 14. The van der Waals surface area contributed by atoms with E-state index in [9.17, 15) is 43.2 Å². The van der Waals surface area contributed by atoms with Gasteiger partial charge in [0.2, 0.25) is 0 Å². The van der Waals surface area contributed by atoms with E-state index in [0.29, 0.717) is 33.2 Å². The molecule has 0 atom stereocenters. The van der Waals surface area contributed by atoms with Gasteiger partial charge in [-0.3, -0.25) is 38.4 Å². The molecule has 0 spiro atoms. The number of hydrogen-bond donors (Lipinski definition) is 0. The summed E-state index contributed by atoms with van der Waals surface area (Å²) in [5, 5.41) is 2.90. The van der Waals surface area contributed by atoms with Crippen LogP contribution in [0.1, 0.15) is 115 Å². The van der Waals surface area contributed by atoms with Crippen molar-refractivity contribution in [1.29, 1.82) is 0 Å². The van der Waals surface area contributed by atoms with Gasteiger partial charge in [0.1, 0.15) is 5.76 Å². The van der Waals surface area contributed by atoms with Crippen molar-refractivity contribution in [2.24, 2.45) is 0 Å². The first kappa shape index (κ1) is 65.3. The normalized spacial score (nSPS) is 14.8. The molecule has 0 radical (unpaired) electrons. The number of carbonyl (C=O) groups is 7. The molecule has 1 heterocycles. The Kier molecular flexibility index (Phi) is 27.5. The summed E-state index contributed by atoms with van der Waals surface area (Å²) in [6.45, 7) is 11.4. The topological polar surface area (TPSA) is 200 Å². The van der Waals surface area contributed by atoms with Crippen molar-refractivity contribution in [3.8, 4) is 11.1 Å². The molecule has 416 valence electrons. The number of methoxy groups -OCH3 is 4. The van der Waals surface area contributed by atoms with Crippen LogP contribution in [0.3, 0.4) is 0 Å². The van der Waals surface area contributed by atoms with Gasteiger partial charge < -0.3 is 23.7 Å². The molecule has 12 rings (SSSR count). The Bertz CT molecular complexity index is 3170. The molecule has 79 heavy (non-hydrogen) atoms.